The average molecular weight is 509 g/mol. The summed E-state index contributed by atoms with van der Waals surface area (Å²) in [6.45, 7) is 0. The maximum atomic E-state index is 3.67. The van der Waals surface area contributed by atoms with Crippen molar-refractivity contribution < 1.29 is 0 Å². The fourth-order valence-corrected chi connectivity index (χ4v) is 4.66. The Bertz CT molecular complexity index is 1290. The van der Waals surface area contributed by atoms with Gasteiger partial charge in [0.05, 0.1) is 11.0 Å². The van der Waals surface area contributed by atoms with E-state index in [2.05, 4.69) is 127 Å². The van der Waals surface area contributed by atoms with Gasteiger partial charge >= 0.3 is 0 Å². The van der Waals surface area contributed by atoms with E-state index in [1.165, 1.54) is 43.7 Å². The highest BCUT2D eigenvalue weighted by molar-refractivity contribution is 14.1. The molecule has 123 valence electrons. The molecule has 0 aliphatic heterocycles. The Balaban J connectivity index is 1.99. The van der Waals surface area contributed by atoms with Gasteiger partial charge in [0.2, 0.25) is 5.14 Å². The smallest absolute Gasteiger partial charge is 0.237 e. The molecular weight excluding hydrogens is 496 g/mol. The largest absolute Gasteiger partial charge is 0.309 e. The van der Waals surface area contributed by atoms with Gasteiger partial charge in [0.1, 0.15) is 0 Å². The average Bonchev–Trinajstić information content (AvgIpc) is 3.02. The Kier molecular flexibility index (Phi) is 4.05. The maximum absolute atomic E-state index is 3.67. The zero-order valence-corrected chi connectivity index (χ0v) is 17.5. The van der Waals surface area contributed by atoms with Crippen LogP contribution in [-0.4, -0.2) is 9.70 Å². The Morgan fingerprint density at radius 1 is 0.769 bits per heavy atom. The molecule has 0 N–H and O–H groups in total. The van der Waals surface area contributed by atoms with Gasteiger partial charge in [-0.15, -0.1) is 0 Å². The minimum Gasteiger partial charge on any atom is -0.309 e. The molecule has 0 saturated heterocycles. The molecule has 0 bridgehead atoms. The van der Waals surface area contributed by atoms with Crippen molar-refractivity contribution >= 4 is 81.5 Å². The third-order valence-corrected chi connectivity index (χ3v) is 6.03. The molecule has 0 aliphatic rings. The maximum Gasteiger partial charge on any atom is 0.237 e. The van der Waals surface area contributed by atoms with Crippen molar-refractivity contribution in [1.29, 1.82) is 0 Å². The van der Waals surface area contributed by atoms with E-state index >= 15 is 0 Å². The SMILES string of the molecule is Brc1cc([B]I)cc(-n2c3ccccc3c3c4ccccc4ccc32)c1. The third-order valence-electron chi connectivity index (χ3n) is 4.85. The van der Waals surface area contributed by atoms with Gasteiger partial charge in [0, 0.05) is 20.9 Å². The van der Waals surface area contributed by atoms with Crippen molar-refractivity contribution in [3.63, 3.8) is 0 Å². The highest BCUT2D eigenvalue weighted by Gasteiger charge is 2.14. The monoisotopic (exact) mass is 508 g/mol. The van der Waals surface area contributed by atoms with Crippen LogP contribution in [0.15, 0.2) is 83.3 Å². The van der Waals surface area contributed by atoms with Crippen LogP contribution in [0, 0.1) is 0 Å². The van der Waals surface area contributed by atoms with Crippen LogP contribution in [0.3, 0.4) is 0 Å². The first-order valence-electron chi connectivity index (χ1n) is 8.41. The van der Waals surface area contributed by atoms with Crippen molar-refractivity contribution in [3.05, 3.63) is 83.3 Å². The first-order valence-corrected chi connectivity index (χ1v) is 10.5. The lowest BCUT2D eigenvalue weighted by Crippen LogP contribution is -2.10. The van der Waals surface area contributed by atoms with E-state index in [4.69, 9.17) is 0 Å². The summed E-state index contributed by atoms with van der Waals surface area (Å²) in [7, 11) is 0. The van der Waals surface area contributed by atoms with Crippen molar-refractivity contribution in [2.45, 2.75) is 0 Å². The van der Waals surface area contributed by atoms with Crippen LogP contribution in [-0.2, 0) is 0 Å². The Labute approximate surface area is 174 Å². The van der Waals surface area contributed by atoms with Gasteiger partial charge < -0.3 is 4.57 Å². The molecule has 4 aromatic carbocycles. The number of nitrogens with zero attached hydrogens (tertiary/aromatic N) is 1. The topological polar surface area (TPSA) is 4.93 Å². The molecule has 1 radical (unpaired) electrons. The summed E-state index contributed by atoms with van der Waals surface area (Å²) >= 11 is 5.97. The normalized spacial score (nSPS) is 11.5. The van der Waals surface area contributed by atoms with Crippen molar-refractivity contribution in [2.24, 2.45) is 0 Å². The van der Waals surface area contributed by atoms with Gasteiger partial charge in [-0.3, -0.25) is 0 Å². The second-order valence-electron chi connectivity index (χ2n) is 6.39. The molecular formula is C22H13BBrIN. The number of hydrogen-bond acceptors (Lipinski definition) is 0. The summed E-state index contributed by atoms with van der Waals surface area (Å²) in [5, 5.41) is 7.29. The third kappa shape index (κ3) is 2.50. The lowest BCUT2D eigenvalue weighted by Gasteiger charge is -2.10. The number of para-hydroxylation sites is 1. The van der Waals surface area contributed by atoms with Crippen LogP contribution >= 0.6 is 38.3 Å². The van der Waals surface area contributed by atoms with E-state index in [1.807, 2.05) is 0 Å². The molecule has 0 aliphatic carbocycles. The summed E-state index contributed by atoms with van der Waals surface area (Å²) in [5.41, 5.74) is 4.84. The molecule has 5 aromatic rings. The fraction of sp³-hybridized carbons (Fsp3) is 0. The summed E-state index contributed by atoms with van der Waals surface area (Å²) in [4.78, 5) is 0. The van der Waals surface area contributed by atoms with Gasteiger partial charge in [-0.1, -0.05) is 76.0 Å². The molecule has 4 heteroatoms. The van der Waals surface area contributed by atoms with Crippen LogP contribution < -0.4 is 5.46 Å². The zero-order valence-electron chi connectivity index (χ0n) is 13.8. The fourth-order valence-electron chi connectivity index (χ4n) is 3.81. The van der Waals surface area contributed by atoms with Crippen LogP contribution in [0.1, 0.15) is 0 Å². The van der Waals surface area contributed by atoms with Gasteiger partial charge in [-0.25, -0.2) is 0 Å². The van der Waals surface area contributed by atoms with Gasteiger partial charge in [-0.05, 0) is 35.0 Å². The molecule has 0 spiro atoms. The van der Waals surface area contributed by atoms with Crippen molar-refractivity contribution in [1.82, 2.24) is 4.57 Å². The number of rotatable bonds is 2. The van der Waals surface area contributed by atoms with E-state index in [-0.39, 0.29) is 0 Å². The van der Waals surface area contributed by atoms with Crippen molar-refractivity contribution in [2.75, 3.05) is 0 Å². The summed E-state index contributed by atoms with van der Waals surface area (Å²) in [5.74, 6) is 0. The Morgan fingerprint density at radius 3 is 2.38 bits per heavy atom. The van der Waals surface area contributed by atoms with Crippen LogP contribution in [0.2, 0.25) is 0 Å². The Morgan fingerprint density at radius 2 is 1.54 bits per heavy atom. The molecule has 1 heterocycles. The molecule has 5 rings (SSSR count). The second-order valence-corrected chi connectivity index (χ2v) is 7.92. The minimum atomic E-state index is 1.09. The van der Waals surface area contributed by atoms with Crippen LogP contribution in [0.25, 0.3) is 38.3 Å². The number of hydrogen-bond donors (Lipinski definition) is 0. The van der Waals surface area contributed by atoms with Gasteiger partial charge in [-0.2, -0.15) is 22.4 Å². The highest BCUT2D eigenvalue weighted by Crippen LogP contribution is 2.36. The number of benzene rings is 4. The van der Waals surface area contributed by atoms with E-state index in [0.717, 1.165) is 4.47 Å². The Hall–Kier alpha value is -1.79. The minimum absolute atomic E-state index is 1.09. The number of fused-ring (bicyclic) bond motifs is 5. The molecule has 0 atom stereocenters. The molecule has 0 unspecified atom stereocenters. The molecule has 0 saturated carbocycles. The quantitative estimate of drug-likeness (QED) is 0.193. The predicted octanol–water partition coefficient (Wildman–Crippen LogP) is 6.38. The molecule has 1 nitrogen and oxygen atoms in total. The summed E-state index contributed by atoms with van der Waals surface area (Å²) in [6.07, 6.45) is 0. The summed E-state index contributed by atoms with van der Waals surface area (Å²) < 4.78 is 3.45. The second kappa shape index (κ2) is 6.43. The van der Waals surface area contributed by atoms with E-state index in [1.54, 1.807) is 0 Å². The van der Waals surface area contributed by atoms with E-state index in [0.29, 0.717) is 0 Å². The highest BCUT2D eigenvalue weighted by atomic mass is 127. The zero-order chi connectivity index (χ0) is 17.7. The summed E-state index contributed by atoms with van der Waals surface area (Å²) in [6, 6.07) is 28.3. The van der Waals surface area contributed by atoms with E-state index < -0.39 is 0 Å². The molecule has 26 heavy (non-hydrogen) atoms. The predicted molar refractivity (Wildman–Crippen MR) is 125 cm³/mol. The standard InChI is InChI=1S/C22H13BBrIN/c24-16-11-15(23-25)12-17(13-16)26-20-8-4-3-7-19(20)22-18-6-2-1-5-14(18)9-10-21(22)26/h1-13H. The van der Waals surface area contributed by atoms with Crippen LogP contribution in [0.4, 0.5) is 0 Å². The van der Waals surface area contributed by atoms with Crippen LogP contribution in [0.5, 0.6) is 0 Å². The lowest BCUT2D eigenvalue weighted by molar-refractivity contribution is 1.18. The van der Waals surface area contributed by atoms with Crippen molar-refractivity contribution in [3.8, 4) is 5.69 Å². The van der Waals surface area contributed by atoms with E-state index in [9.17, 15) is 0 Å². The molecule has 0 amide bonds. The molecule has 1 aromatic heterocycles. The molecule has 0 fully saturated rings. The van der Waals surface area contributed by atoms with Gasteiger partial charge in [0.25, 0.3) is 0 Å². The first kappa shape index (κ1) is 16.4. The van der Waals surface area contributed by atoms with Gasteiger partial charge in [0.15, 0.2) is 0 Å². The lowest BCUT2D eigenvalue weighted by atomic mass is 9.95. The number of halogens is 2. The first-order chi connectivity index (χ1) is 12.8. The number of aromatic nitrogens is 1.